The Bertz CT molecular complexity index is 568. The zero-order chi connectivity index (χ0) is 17.2. The molecule has 1 aromatic rings. The molecule has 1 saturated heterocycles. The molecule has 1 heterocycles. The van der Waals surface area contributed by atoms with Crippen molar-refractivity contribution in [1.82, 2.24) is 0 Å². The quantitative estimate of drug-likeness (QED) is 0.246. The van der Waals surface area contributed by atoms with Gasteiger partial charge in [0.25, 0.3) is 5.75 Å². The number of hydrogen-bond donors (Lipinski definition) is 0. The Morgan fingerprint density at radius 2 is 1.56 bits per heavy atom. The van der Waals surface area contributed by atoms with Crippen LogP contribution in [0.25, 0.3) is 4.98 Å². The Balaban J connectivity index is 0. The molecule has 9 heteroatoms. The van der Waals surface area contributed by atoms with Crippen LogP contribution < -0.4 is 39.2 Å². The molecule has 1 fully saturated rings. The van der Waals surface area contributed by atoms with Crippen molar-refractivity contribution in [2.24, 2.45) is 0 Å². The first-order valence-corrected chi connectivity index (χ1v) is 8.92. The van der Waals surface area contributed by atoms with Gasteiger partial charge in [-0.15, -0.1) is 0 Å². The Labute approximate surface area is 187 Å². The molecule has 6 nitrogen and oxygen atoms in total. The van der Waals surface area contributed by atoms with E-state index >= 15 is 0 Å². The van der Waals surface area contributed by atoms with Crippen LogP contribution in [0.3, 0.4) is 0 Å². The third-order valence-electron chi connectivity index (χ3n) is 4.02. The molecule has 1 aliphatic heterocycles. The van der Waals surface area contributed by atoms with Crippen LogP contribution in [0.2, 0.25) is 0 Å². The summed E-state index contributed by atoms with van der Waals surface area (Å²) >= 11 is 0. The van der Waals surface area contributed by atoms with Gasteiger partial charge in [-0.05, 0) is 18.9 Å². The standard InChI is InChI=1S/C18H28N3O3.2ClH.Zn/c1-3-5-11-23-17-15(20-19)7-8-16(18(17)24-12-6-4-2)21-9-13-22-14-10-21;;;/h7-8H,3-6,9-14H2,1-2H3;2*1H;/q+1;;;/p-2. The second-order valence-electron chi connectivity index (χ2n) is 5.87. The van der Waals surface area contributed by atoms with Crippen LogP contribution in [0.5, 0.6) is 11.5 Å². The maximum atomic E-state index is 9.33. The topological polar surface area (TPSA) is 59.1 Å². The van der Waals surface area contributed by atoms with Crippen molar-refractivity contribution >= 4 is 11.4 Å². The smallest absolute Gasteiger partial charge is 0.430 e. The van der Waals surface area contributed by atoms with Crippen LogP contribution in [0, 0.1) is 5.39 Å². The van der Waals surface area contributed by atoms with E-state index in [2.05, 4.69) is 23.7 Å². The molecule has 0 atom stereocenters. The van der Waals surface area contributed by atoms with Crippen molar-refractivity contribution in [2.45, 2.75) is 39.5 Å². The van der Waals surface area contributed by atoms with E-state index in [1.54, 1.807) is 6.07 Å². The van der Waals surface area contributed by atoms with Gasteiger partial charge in [-0.1, -0.05) is 26.7 Å². The summed E-state index contributed by atoms with van der Waals surface area (Å²) in [6, 6.07) is 3.72. The fraction of sp³-hybridized carbons (Fsp3) is 0.667. The fourth-order valence-electron chi connectivity index (χ4n) is 2.59. The number of halogens is 2. The largest absolute Gasteiger partial charge is 1.00 e. The summed E-state index contributed by atoms with van der Waals surface area (Å²) in [4.78, 5) is 5.61. The predicted molar refractivity (Wildman–Crippen MR) is 95.0 cm³/mol. The van der Waals surface area contributed by atoms with Gasteiger partial charge in [-0.3, -0.25) is 0 Å². The number of ether oxygens (including phenoxy) is 3. The van der Waals surface area contributed by atoms with Gasteiger partial charge in [0.1, 0.15) is 0 Å². The van der Waals surface area contributed by atoms with Crippen LogP contribution in [0.4, 0.5) is 11.4 Å². The molecule has 0 unspecified atom stereocenters. The molecular weight excluding hydrogens is 443 g/mol. The van der Waals surface area contributed by atoms with Gasteiger partial charge in [-0.2, -0.15) is 0 Å². The summed E-state index contributed by atoms with van der Waals surface area (Å²) in [6.45, 7) is 8.47. The second kappa shape index (κ2) is 16.2. The van der Waals surface area contributed by atoms with Gasteiger partial charge in [0, 0.05) is 38.6 Å². The molecule has 0 aliphatic carbocycles. The van der Waals surface area contributed by atoms with Gasteiger partial charge in [0.2, 0.25) is 5.39 Å². The first-order chi connectivity index (χ1) is 11.8. The number of morpholine rings is 1. The van der Waals surface area contributed by atoms with E-state index in [9.17, 15) is 5.39 Å². The second-order valence-corrected chi connectivity index (χ2v) is 5.87. The monoisotopic (exact) mass is 468 g/mol. The Kier molecular flexibility index (Phi) is 17.0. The van der Waals surface area contributed by atoms with E-state index < -0.39 is 0 Å². The Hall–Kier alpha value is -0.797. The number of diazo groups is 1. The Morgan fingerprint density at radius 3 is 2.07 bits per heavy atom. The fourth-order valence-corrected chi connectivity index (χ4v) is 2.59. The predicted octanol–water partition coefficient (Wildman–Crippen LogP) is -1.63. The van der Waals surface area contributed by atoms with Crippen molar-refractivity contribution in [1.29, 1.82) is 5.39 Å². The van der Waals surface area contributed by atoms with E-state index in [0.717, 1.165) is 44.5 Å². The van der Waals surface area contributed by atoms with Gasteiger partial charge in [0.15, 0.2) is 10.7 Å². The summed E-state index contributed by atoms with van der Waals surface area (Å²) in [5.41, 5.74) is 1.39. The molecule has 2 rings (SSSR count). The third kappa shape index (κ3) is 8.40. The van der Waals surface area contributed by atoms with Gasteiger partial charge < -0.3 is 43.9 Å². The zero-order valence-corrected chi connectivity index (χ0v) is 20.7. The maximum Gasteiger partial charge on any atom is 0.430 e. The van der Waals surface area contributed by atoms with Crippen LogP contribution in [0.1, 0.15) is 39.5 Å². The molecule has 0 N–H and O–H groups in total. The molecule has 0 aromatic heterocycles. The van der Waals surface area contributed by atoms with E-state index in [1.807, 2.05) is 6.07 Å². The minimum absolute atomic E-state index is 0. The summed E-state index contributed by atoms with van der Waals surface area (Å²) in [5.74, 6) is 1.21. The minimum atomic E-state index is 0. The third-order valence-corrected chi connectivity index (χ3v) is 4.02. The summed E-state index contributed by atoms with van der Waals surface area (Å²) in [7, 11) is 0. The van der Waals surface area contributed by atoms with E-state index in [-0.39, 0.29) is 44.3 Å². The molecule has 0 radical (unpaired) electrons. The van der Waals surface area contributed by atoms with Gasteiger partial charge >= 0.3 is 5.69 Å². The molecule has 150 valence electrons. The number of unbranched alkanes of at least 4 members (excludes halogenated alkanes) is 2. The van der Waals surface area contributed by atoms with Crippen molar-refractivity contribution in [3.63, 3.8) is 0 Å². The number of rotatable bonds is 9. The van der Waals surface area contributed by atoms with E-state index in [0.29, 0.717) is 43.6 Å². The molecule has 27 heavy (non-hydrogen) atoms. The Morgan fingerprint density at radius 1 is 1.00 bits per heavy atom. The van der Waals surface area contributed by atoms with E-state index in [4.69, 9.17) is 14.2 Å². The maximum absolute atomic E-state index is 9.33. The first kappa shape index (κ1) is 28.4. The average molecular weight is 471 g/mol. The van der Waals surface area contributed by atoms with Gasteiger partial charge in [-0.25, -0.2) is 0 Å². The molecule has 1 aliphatic rings. The molecule has 0 spiro atoms. The van der Waals surface area contributed by atoms with E-state index in [1.165, 1.54) is 0 Å². The summed E-state index contributed by atoms with van der Waals surface area (Å²) in [6.07, 6.45) is 4.02. The first-order valence-electron chi connectivity index (χ1n) is 8.92. The number of benzene rings is 1. The van der Waals surface area contributed by atoms with Crippen LogP contribution in [0.15, 0.2) is 12.1 Å². The van der Waals surface area contributed by atoms with Crippen molar-refractivity contribution in [3.05, 3.63) is 17.1 Å². The molecular formula is C18H28Cl2N3O3Zn-. The number of anilines is 1. The van der Waals surface area contributed by atoms with Crippen LogP contribution >= 0.6 is 0 Å². The number of nitrogens with zero attached hydrogens (tertiary/aromatic N) is 3. The van der Waals surface area contributed by atoms with Gasteiger partial charge in [0.05, 0.1) is 32.1 Å². The van der Waals surface area contributed by atoms with Crippen molar-refractivity contribution in [2.75, 3.05) is 44.4 Å². The summed E-state index contributed by atoms with van der Waals surface area (Å²) < 4.78 is 17.4. The SMILES string of the molecule is CCCCOc1c([N+]#N)ccc(N2CCOCC2)c1OCCCC.[Cl-].[Cl-].[Zn]. The van der Waals surface area contributed by atoms with Crippen molar-refractivity contribution in [3.8, 4) is 11.5 Å². The molecule has 0 amide bonds. The van der Waals surface area contributed by atoms with Crippen molar-refractivity contribution < 1.29 is 58.5 Å². The number of hydrogen-bond acceptors (Lipinski definition) is 5. The molecule has 1 aromatic carbocycles. The van der Waals surface area contributed by atoms with Crippen LogP contribution in [-0.4, -0.2) is 39.5 Å². The van der Waals surface area contributed by atoms with Crippen LogP contribution in [-0.2, 0) is 24.2 Å². The summed E-state index contributed by atoms with van der Waals surface area (Å²) in [5, 5.41) is 9.33. The normalized spacial score (nSPS) is 12.7. The average Bonchev–Trinajstić information content (AvgIpc) is 2.63. The zero-order valence-electron chi connectivity index (χ0n) is 16.3. The minimum Gasteiger partial charge on any atom is -1.00 e. The molecule has 0 bridgehead atoms. The molecule has 0 saturated carbocycles.